The molecule has 0 aliphatic carbocycles. The van der Waals surface area contributed by atoms with Crippen LogP contribution in [-0.2, 0) is 6.98 Å². The molecule has 0 unspecified atom stereocenters. The predicted molar refractivity (Wildman–Crippen MR) is 108 cm³/mol. The van der Waals surface area contributed by atoms with Crippen LogP contribution in [0.3, 0.4) is 0 Å². The normalized spacial score (nSPS) is 19.3. The van der Waals surface area contributed by atoms with Gasteiger partial charge in [-0.15, -0.1) is 10.2 Å². The minimum absolute atomic E-state index is 0.00466. The summed E-state index contributed by atoms with van der Waals surface area (Å²) in [4.78, 5) is 6.58. The Kier molecular flexibility index (Phi) is 4.04. The minimum Gasteiger partial charge on any atom is -0.507 e. The molecule has 3 heterocycles. The first-order valence-electron chi connectivity index (χ1n) is 10.8. The highest BCUT2D eigenvalue weighted by atomic mass is 16.3. The molecule has 8 nitrogen and oxygen atoms in total. The number of aromatic hydroxyl groups is 1. The highest BCUT2D eigenvalue weighted by Gasteiger charge is 2.23. The van der Waals surface area contributed by atoms with Crippen molar-refractivity contribution < 1.29 is 9.22 Å². The molecule has 146 valence electrons. The van der Waals surface area contributed by atoms with Crippen LogP contribution in [0.25, 0.3) is 22.4 Å². The standard InChI is InChI=1S/C20H25N7O/c1-13(2)18-12-27(7-6-21-18)20-22-10-17(24-25-20)16-5-4-14(8-19(16)28)15-9-23-26(3)11-15/h4-5,8-11,13,18,21,28H,6-7,12H2,1-3H3/t18-/m1/s1/i3D3. The largest absolute Gasteiger partial charge is 0.507 e. The molecule has 1 aromatic carbocycles. The summed E-state index contributed by atoms with van der Waals surface area (Å²) in [6.45, 7) is 4.53. The van der Waals surface area contributed by atoms with Crippen LogP contribution in [0, 0.1) is 5.92 Å². The molecule has 1 aliphatic rings. The maximum atomic E-state index is 10.5. The van der Waals surface area contributed by atoms with E-state index in [1.165, 1.54) is 12.4 Å². The van der Waals surface area contributed by atoms with Crippen LogP contribution in [0.4, 0.5) is 5.95 Å². The maximum absolute atomic E-state index is 10.5. The van der Waals surface area contributed by atoms with Crippen LogP contribution in [-0.4, -0.2) is 55.7 Å². The van der Waals surface area contributed by atoms with E-state index in [-0.39, 0.29) is 5.75 Å². The summed E-state index contributed by atoms with van der Waals surface area (Å²) in [5, 5.41) is 26.5. The third kappa shape index (κ3) is 3.68. The maximum Gasteiger partial charge on any atom is 0.245 e. The smallest absolute Gasteiger partial charge is 0.245 e. The van der Waals surface area contributed by atoms with E-state index in [0.717, 1.165) is 24.3 Å². The molecule has 0 amide bonds. The first-order chi connectivity index (χ1) is 14.7. The number of aromatic nitrogens is 5. The summed E-state index contributed by atoms with van der Waals surface area (Å²) in [6.07, 6.45) is 4.49. The minimum atomic E-state index is -2.34. The number of phenolic OH excluding ortho intramolecular Hbond substituents is 1. The van der Waals surface area contributed by atoms with Gasteiger partial charge in [-0.3, -0.25) is 4.68 Å². The van der Waals surface area contributed by atoms with E-state index < -0.39 is 6.98 Å². The van der Waals surface area contributed by atoms with Crippen molar-refractivity contribution in [2.75, 3.05) is 24.5 Å². The molecule has 1 fully saturated rings. The summed E-state index contributed by atoms with van der Waals surface area (Å²) >= 11 is 0. The Bertz CT molecular complexity index is 1050. The summed E-state index contributed by atoms with van der Waals surface area (Å²) in [6, 6.07) is 5.41. The van der Waals surface area contributed by atoms with Gasteiger partial charge in [-0.25, -0.2) is 4.98 Å². The fourth-order valence-electron chi connectivity index (χ4n) is 3.34. The van der Waals surface area contributed by atoms with Crippen molar-refractivity contribution in [1.82, 2.24) is 30.3 Å². The molecule has 1 saturated heterocycles. The molecule has 0 radical (unpaired) electrons. The van der Waals surface area contributed by atoms with Gasteiger partial charge in [-0.05, 0) is 23.6 Å². The van der Waals surface area contributed by atoms with E-state index in [2.05, 4.69) is 44.3 Å². The SMILES string of the molecule is [2H]C([2H])([2H])n1cc(-c2ccc(-c3cnc(N4CCN[C@@H](C(C)C)C4)nn3)c(O)c2)cn1. The van der Waals surface area contributed by atoms with Crippen LogP contribution in [0.5, 0.6) is 5.75 Å². The van der Waals surface area contributed by atoms with Crippen LogP contribution < -0.4 is 10.2 Å². The molecular formula is C20H25N7O. The van der Waals surface area contributed by atoms with E-state index in [1.54, 1.807) is 24.4 Å². The molecule has 0 bridgehead atoms. The van der Waals surface area contributed by atoms with E-state index in [1.807, 2.05) is 0 Å². The van der Waals surface area contributed by atoms with Crippen LogP contribution in [0.2, 0.25) is 0 Å². The number of nitrogens with one attached hydrogen (secondary N) is 1. The van der Waals surface area contributed by atoms with Crippen molar-refractivity contribution in [1.29, 1.82) is 0 Å². The lowest BCUT2D eigenvalue weighted by Crippen LogP contribution is -2.53. The quantitative estimate of drug-likeness (QED) is 0.714. The zero-order valence-electron chi connectivity index (χ0n) is 18.9. The molecule has 4 rings (SSSR count). The van der Waals surface area contributed by atoms with Gasteiger partial charge in [-0.2, -0.15) is 5.10 Å². The fraction of sp³-hybridized carbons (Fsp3) is 0.400. The summed E-state index contributed by atoms with van der Waals surface area (Å²) < 4.78 is 23.2. The van der Waals surface area contributed by atoms with Gasteiger partial charge in [0, 0.05) is 54.1 Å². The topological polar surface area (TPSA) is 92.0 Å². The Morgan fingerprint density at radius 1 is 1.25 bits per heavy atom. The van der Waals surface area contributed by atoms with Gasteiger partial charge in [0.1, 0.15) is 11.4 Å². The highest BCUT2D eigenvalue weighted by Crippen LogP contribution is 2.32. The second-order valence-corrected chi connectivity index (χ2v) is 7.30. The second-order valence-electron chi connectivity index (χ2n) is 7.30. The number of benzene rings is 1. The van der Waals surface area contributed by atoms with Crippen molar-refractivity contribution in [2.24, 2.45) is 12.9 Å². The second kappa shape index (κ2) is 7.55. The molecule has 0 spiro atoms. The molecule has 1 aliphatic heterocycles. The molecule has 1 atom stereocenters. The van der Waals surface area contributed by atoms with Gasteiger partial charge in [0.2, 0.25) is 5.95 Å². The van der Waals surface area contributed by atoms with Crippen molar-refractivity contribution >= 4 is 5.95 Å². The van der Waals surface area contributed by atoms with Gasteiger partial charge in [0.05, 0.1) is 12.4 Å². The number of piperazine rings is 1. The molecule has 0 saturated carbocycles. The van der Waals surface area contributed by atoms with Gasteiger partial charge < -0.3 is 15.3 Å². The molecule has 8 heteroatoms. The van der Waals surface area contributed by atoms with Crippen molar-refractivity contribution in [3.05, 3.63) is 36.8 Å². The van der Waals surface area contributed by atoms with Crippen LogP contribution in [0.1, 0.15) is 18.0 Å². The van der Waals surface area contributed by atoms with E-state index in [4.69, 9.17) is 4.11 Å². The lowest BCUT2D eigenvalue weighted by atomic mass is 10.0. The van der Waals surface area contributed by atoms with E-state index >= 15 is 0 Å². The third-order valence-electron chi connectivity index (χ3n) is 5.03. The molecule has 2 N–H and O–H groups in total. The van der Waals surface area contributed by atoms with Gasteiger partial charge in [0.15, 0.2) is 0 Å². The van der Waals surface area contributed by atoms with Crippen molar-refractivity contribution in [2.45, 2.75) is 19.9 Å². The Balaban J connectivity index is 1.53. The number of anilines is 1. The lowest BCUT2D eigenvalue weighted by molar-refractivity contribution is 0.365. The lowest BCUT2D eigenvalue weighted by Gasteiger charge is -2.35. The number of aryl methyl sites for hydroxylation is 1. The third-order valence-corrected chi connectivity index (χ3v) is 5.03. The Hall–Kier alpha value is -3.00. The summed E-state index contributed by atoms with van der Waals surface area (Å²) in [5.74, 6) is 1.09. The Morgan fingerprint density at radius 3 is 2.82 bits per heavy atom. The number of phenols is 1. The molecular weight excluding hydrogens is 354 g/mol. The van der Waals surface area contributed by atoms with Gasteiger partial charge >= 0.3 is 0 Å². The Morgan fingerprint density at radius 2 is 2.14 bits per heavy atom. The average molecular weight is 382 g/mol. The Labute approximate surface area is 168 Å². The van der Waals surface area contributed by atoms with E-state index in [0.29, 0.717) is 40.3 Å². The zero-order chi connectivity index (χ0) is 22.2. The number of rotatable bonds is 4. The first kappa shape index (κ1) is 15.0. The highest BCUT2D eigenvalue weighted by molar-refractivity contribution is 5.73. The van der Waals surface area contributed by atoms with E-state index in [9.17, 15) is 5.11 Å². The number of nitrogens with zero attached hydrogens (tertiary/aromatic N) is 6. The fourth-order valence-corrected chi connectivity index (χ4v) is 3.34. The molecule has 2 aromatic heterocycles. The van der Waals surface area contributed by atoms with Crippen molar-refractivity contribution in [3.8, 4) is 28.1 Å². The van der Waals surface area contributed by atoms with Gasteiger partial charge in [-0.1, -0.05) is 19.9 Å². The molecule has 3 aromatic rings. The van der Waals surface area contributed by atoms with Crippen LogP contribution in [0.15, 0.2) is 36.8 Å². The summed E-state index contributed by atoms with van der Waals surface area (Å²) in [5.41, 5.74) is 2.20. The number of hydrogen-bond acceptors (Lipinski definition) is 7. The first-order valence-corrected chi connectivity index (χ1v) is 9.29. The monoisotopic (exact) mass is 382 g/mol. The number of hydrogen-bond donors (Lipinski definition) is 2. The van der Waals surface area contributed by atoms with Gasteiger partial charge in [0.25, 0.3) is 0 Å². The predicted octanol–water partition coefficient (Wildman–Crippen LogP) is 2.08. The summed E-state index contributed by atoms with van der Waals surface area (Å²) in [7, 11) is 0. The average Bonchev–Trinajstić information content (AvgIpc) is 3.25. The van der Waals surface area contributed by atoms with Crippen LogP contribution >= 0.6 is 0 Å². The van der Waals surface area contributed by atoms with Crippen molar-refractivity contribution in [3.63, 3.8) is 0 Å². The molecule has 28 heavy (non-hydrogen) atoms. The zero-order valence-corrected chi connectivity index (χ0v) is 15.9.